The molecular formula is C22H22NO6P. The average Bonchev–Trinajstić information content (AvgIpc) is 2.74. The van der Waals surface area contributed by atoms with Crippen molar-refractivity contribution < 1.29 is 28.6 Å². The van der Waals surface area contributed by atoms with Crippen LogP contribution in [0.4, 0.5) is 0 Å². The highest BCUT2D eigenvalue weighted by molar-refractivity contribution is 7.70. The molecule has 0 heterocycles. The number of hydrogen-bond acceptors (Lipinski definition) is 5. The molecule has 0 aliphatic carbocycles. The molecule has 0 radical (unpaired) electrons. The number of carbonyl (C=O) groups excluding carboxylic acids is 1. The number of ether oxygens (including phenoxy) is 2. The third-order valence-corrected chi connectivity index (χ3v) is 5.03. The normalized spacial score (nSPS) is 11.2. The molecule has 0 unspecified atom stereocenters. The zero-order chi connectivity index (χ0) is 21.6. The van der Waals surface area contributed by atoms with Crippen LogP contribution in [-0.2, 0) is 11.0 Å². The highest BCUT2D eigenvalue weighted by Gasteiger charge is 2.28. The van der Waals surface area contributed by atoms with Gasteiger partial charge >= 0.3 is 7.60 Å². The summed E-state index contributed by atoms with van der Waals surface area (Å²) in [5, 5.41) is 0. The molecule has 3 rings (SSSR count). The van der Waals surface area contributed by atoms with Crippen molar-refractivity contribution in [3.63, 3.8) is 0 Å². The summed E-state index contributed by atoms with van der Waals surface area (Å²) in [6.07, 6.45) is 0.397. The fourth-order valence-electron chi connectivity index (χ4n) is 2.85. The smallest absolute Gasteiger partial charge is 0.396 e. The topological polar surface area (TPSA) is 119 Å². The molecule has 3 aromatic rings. The summed E-state index contributed by atoms with van der Waals surface area (Å²) in [5.41, 5.74) is 5.74. The van der Waals surface area contributed by atoms with Crippen molar-refractivity contribution in [2.45, 2.75) is 6.42 Å². The van der Waals surface area contributed by atoms with Gasteiger partial charge in [-0.15, -0.1) is 0 Å². The SMILES string of the molecule is NCCOc1ccc(C(=O)P(=O)(O)O)cc1Cc1ccc(Oc2ccccc2)cc1. The number of rotatable bonds is 9. The maximum atomic E-state index is 12.0. The Hall–Kier alpha value is -2.96. The summed E-state index contributed by atoms with van der Waals surface area (Å²) in [6, 6.07) is 21.1. The van der Waals surface area contributed by atoms with Crippen molar-refractivity contribution in [2.24, 2.45) is 5.73 Å². The van der Waals surface area contributed by atoms with E-state index in [-0.39, 0.29) is 12.2 Å². The molecular weight excluding hydrogens is 405 g/mol. The maximum Gasteiger partial charge on any atom is 0.396 e. The average molecular weight is 427 g/mol. The Kier molecular flexibility index (Phi) is 7.03. The minimum absolute atomic E-state index is 0.0672. The van der Waals surface area contributed by atoms with E-state index in [4.69, 9.17) is 15.2 Å². The second-order valence-corrected chi connectivity index (χ2v) is 8.04. The van der Waals surface area contributed by atoms with Crippen molar-refractivity contribution in [1.29, 1.82) is 0 Å². The Morgan fingerprint density at radius 3 is 2.23 bits per heavy atom. The van der Waals surface area contributed by atoms with Crippen LogP contribution in [-0.4, -0.2) is 28.5 Å². The summed E-state index contributed by atoms with van der Waals surface area (Å²) in [7, 11) is -4.87. The summed E-state index contributed by atoms with van der Waals surface area (Å²) >= 11 is 0. The van der Waals surface area contributed by atoms with Gasteiger partial charge in [-0.1, -0.05) is 30.3 Å². The van der Waals surface area contributed by atoms with E-state index in [9.17, 15) is 19.1 Å². The molecule has 30 heavy (non-hydrogen) atoms. The monoisotopic (exact) mass is 427 g/mol. The zero-order valence-corrected chi connectivity index (χ0v) is 17.0. The Morgan fingerprint density at radius 1 is 0.933 bits per heavy atom. The first kappa shape index (κ1) is 21.7. The first-order chi connectivity index (χ1) is 14.4. The lowest BCUT2D eigenvalue weighted by atomic mass is 10.0. The molecule has 0 spiro atoms. The molecule has 0 amide bonds. The lowest BCUT2D eigenvalue weighted by Gasteiger charge is -2.13. The fraction of sp³-hybridized carbons (Fsp3) is 0.136. The van der Waals surface area contributed by atoms with Gasteiger partial charge in [-0.3, -0.25) is 9.36 Å². The van der Waals surface area contributed by atoms with Crippen molar-refractivity contribution in [3.8, 4) is 17.2 Å². The summed E-state index contributed by atoms with van der Waals surface area (Å²) < 4.78 is 22.7. The molecule has 0 aliphatic heterocycles. The first-order valence-corrected chi connectivity index (χ1v) is 10.9. The molecule has 0 aromatic heterocycles. The molecule has 0 saturated heterocycles. The number of hydrogen-bond donors (Lipinski definition) is 3. The molecule has 0 fully saturated rings. The van der Waals surface area contributed by atoms with Crippen LogP contribution in [0.2, 0.25) is 0 Å². The Labute approximate surface area is 174 Å². The molecule has 0 aliphatic rings. The van der Waals surface area contributed by atoms with E-state index in [1.165, 1.54) is 18.2 Å². The van der Waals surface area contributed by atoms with E-state index in [0.29, 0.717) is 30.0 Å². The van der Waals surface area contributed by atoms with Crippen molar-refractivity contribution >= 4 is 13.1 Å². The van der Waals surface area contributed by atoms with Crippen LogP contribution in [0.5, 0.6) is 17.2 Å². The summed E-state index contributed by atoms with van der Waals surface area (Å²) in [4.78, 5) is 30.3. The number of carbonyl (C=O) groups is 1. The molecule has 0 saturated carbocycles. The van der Waals surface area contributed by atoms with Gasteiger partial charge in [-0.25, -0.2) is 0 Å². The van der Waals surface area contributed by atoms with Crippen LogP contribution in [0.1, 0.15) is 21.5 Å². The first-order valence-electron chi connectivity index (χ1n) is 9.25. The van der Waals surface area contributed by atoms with Gasteiger partial charge in [0, 0.05) is 18.5 Å². The van der Waals surface area contributed by atoms with Crippen molar-refractivity contribution in [1.82, 2.24) is 0 Å². The third kappa shape index (κ3) is 5.78. The van der Waals surface area contributed by atoms with Crippen LogP contribution in [0.25, 0.3) is 0 Å². The van der Waals surface area contributed by atoms with Gasteiger partial charge in [-0.2, -0.15) is 0 Å². The van der Waals surface area contributed by atoms with Crippen LogP contribution < -0.4 is 15.2 Å². The second-order valence-electron chi connectivity index (χ2n) is 6.54. The van der Waals surface area contributed by atoms with Gasteiger partial charge in [0.1, 0.15) is 23.9 Å². The lowest BCUT2D eigenvalue weighted by Crippen LogP contribution is -2.12. The van der Waals surface area contributed by atoms with Crippen molar-refractivity contribution in [3.05, 3.63) is 89.5 Å². The van der Waals surface area contributed by atoms with Gasteiger partial charge in [0.05, 0.1) is 0 Å². The Bertz CT molecular complexity index is 1050. The summed E-state index contributed by atoms with van der Waals surface area (Å²) in [5.74, 6) is 1.91. The molecule has 7 nitrogen and oxygen atoms in total. The highest BCUT2D eigenvalue weighted by Crippen LogP contribution is 2.40. The number of para-hydroxylation sites is 1. The van der Waals surface area contributed by atoms with E-state index in [1.54, 1.807) is 0 Å². The van der Waals surface area contributed by atoms with E-state index < -0.39 is 13.1 Å². The molecule has 3 aromatic carbocycles. The minimum Gasteiger partial charge on any atom is -0.492 e. The van der Waals surface area contributed by atoms with Crippen LogP contribution >= 0.6 is 7.60 Å². The van der Waals surface area contributed by atoms with Crippen molar-refractivity contribution in [2.75, 3.05) is 13.2 Å². The molecule has 156 valence electrons. The molecule has 4 N–H and O–H groups in total. The van der Waals surface area contributed by atoms with E-state index in [1.807, 2.05) is 54.6 Å². The second kappa shape index (κ2) is 9.69. The summed E-state index contributed by atoms with van der Waals surface area (Å²) in [6.45, 7) is 0.594. The van der Waals surface area contributed by atoms with Crippen LogP contribution in [0, 0.1) is 0 Å². The fourth-order valence-corrected chi connectivity index (χ4v) is 3.32. The highest BCUT2D eigenvalue weighted by atomic mass is 31.2. The van der Waals surface area contributed by atoms with E-state index in [2.05, 4.69) is 0 Å². The van der Waals surface area contributed by atoms with Crippen LogP contribution in [0.3, 0.4) is 0 Å². The molecule has 8 heteroatoms. The number of benzene rings is 3. The Morgan fingerprint density at radius 2 is 1.60 bits per heavy atom. The predicted octanol–water partition coefficient (Wildman–Crippen LogP) is 3.73. The predicted molar refractivity (Wildman–Crippen MR) is 113 cm³/mol. The molecule has 0 atom stereocenters. The third-order valence-electron chi connectivity index (χ3n) is 4.24. The maximum absolute atomic E-state index is 12.0. The van der Waals surface area contributed by atoms with Gasteiger partial charge < -0.3 is 25.0 Å². The van der Waals surface area contributed by atoms with Gasteiger partial charge in [0.25, 0.3) is 5.52 Å². The van der Waals surface area contributed by atoms with Gasteiger partial charge in [0.15, 0.2) is 0 Å². The lowest BCUT2D eigenvalue weighted by molar-refractivity contribution is 0.104. The molecule has 0 bridgehead atoms. The number of nitrogens with two attached hydrogens (primary N) is 1. The minimum atomic E-state index is -4.87. The van der Waals surface area contributed by atoms with Gasteiger partial charge in [0.2, 0.25) is 0 Å². The zero-order valence-electron chi connectivity index (χ0n) is 16.1. The van der Waals surface area contributed by atoms with Crippen LogP contribution in [0.15, 0.2) is 72.8 Å². The Balaban J connectivity index is 1.82. The van der Waals surface area contributed by atoms with E-state index in [0.717, 1.165) is 11.3 Å². The largest absolute Gasteiger partial charge is 0.492 e. The van der Waals surface area contributed by atoms with E-state index >= 15 is 0 Å². The standard InChI is InChI=1S/C22H22NO6P/c23-12-13-28-21-11-8-17(22(24)30(25,26)27)15-18(21)14-16-6-9-20(10-7-16)29-19-4-2-1-3-5-19/h1-11,15H,12-14,23H2,(H2,25,26,27). The quantitative estimate of drug-likeness (QED) is 0.445. The van der Waals surface area contributed by atoms with Gasteiger partial charge in [-0.05, 0) is 53.6 Å².